The Bertz CT molecular complexity index is 555. The minimum atomic E-state index is -0.593. The van der Waals surface area contributed by atoms with Crippen LogP contribution in [0.1, 0.15) is 5.56 Å². The summed E-state index contributed by atoms with van der Waals surface area (Å²) in [6.07, 6.45) is 0. The van der Waals surface area contributed by atoms with E-state index in [0.717, 1.165) is 4.90 Å². The van der Waals surface area contributed by atoms with Crippen LogP contribution >= 0.6 is 27.7 Å². The molecule has 0 aliphatic heterocycles. The van der Waals surface area contributed by atoms with Gasteiger partial charge in [-0.1, -0.05) is 0 Å². The van der Waals surface area contributed by atoms with Crippen LogP contribution in [0.4, 0.5) is 13.2 Å². The molecule has 0 bridgehead atoms. The molecule has 0 spiro atoms. The minimum absolute atomic E-state index is 0.0127. The van der Waals surface area contributed by atoms with E-state index < -0.39 is 11.6 Å². The van der Waals surface area contributed by atoms with Gasteiger partial charge in [0.2, 0.25) is 0 Å². The molecular weight excluding hydrogens is 325 g/mol. The third-order valence-corrected chi connectivity index (χ3v) is 3.99. The summed E-state index contributed by atoms with van der Waals surface area (Å²) in [5, 5.41) is 0. The van der Waals surface area contributed by atoms with Crippen molar-refractivity contribution in [2.75, 3.05) is 0 Å². The third-order valence-electron chi connectivity index (χ3n) is 2.34. The lowest BCUT2D eigenvalue weighted by Crippen LogP contribution is -1.94. The summed E-state index contributed by atoms with van der Waals surface area (Å²) in [6, 6.07) is 8.33. The highest BCUT2D eigenvalue weighted by Crippen LogP contribution is 2.28. The number of thioether (sulfide) groups is 1. The lowest BCUT2D eigenvalue weighted by Gasteiger charge is -2.06. The predicted octanol–water partition coefficient (Wildman–Crippen LogP) is 5.16. The van der Waals surface area contributed by atoms with Crippen LogP contribution in [-0.2, 0) is 5.75 Å². The van der Waals surface area contributed by atoms with Crippen LogP contribution in [-0.4, -0.2) is 0 Å². The smallest absolute Gasteiger partial charge is 0.144 e. The first kappa shape index (κ1) is 13.5. The van der Waals surface area contributed by atoms with Gasteiger partial charge >= 0.3 is 0 Å². The largest absolute Gasteiger partial charge is 0.207 e. The summed E-state index contributed by atoms with van der Waals surface area (Å²) >= 11 is 4.27. The first-order chi connectivity index (χ1) is 8.58. The van der Waals surface area contributed by atoms with Crippen molar-refractivity contribution in [3.8, 4) is 0 Å². The van der Waals surface area contributed by atoms with E-state index in [9.17, 15) is 13.2 Å². The van der Waals surface area contributed by atoms with E-state index in [1.165, 1.54) is 36.0 Å². The molecule has 0 aromatic heterocycles. The lowest BCUT2D eigenvalue weighted by atomic mass is 10.2. The Morgan fingerprint density at radius 1 is 0.944 bits per heavy atom. The summed E-state index contributed by atoms with van der Waals surface area (Å²) in [5.41, 5.74) is 0.0127. The number of benzene rings is 2. The predicted molar refractivity (Wildman–Crippen MR) is 70.0 cm³/mol. The summed E-state index contributed by atoms with van der Waals surface area (Å²) in [6.45, 7) is 0. The molecule has 2 aromatic rings. The highest BCUT2D eigenvalue weighted by atomic mass is 79.9. The van der Waals surface area contributed by atoms with Gasteiger partial charge in [-0.3, -0.25) is 0 Å². The number of hydrogen-bond donors (Lipinski definition) is 0. The van der Waals surface area contributed by atoms with Crippen molar-refractivity contribution in [2.24, 2.45) is 0 Å². The highest BCUT2D eigenvalue weighted by molar-refractivity contribution is 9.10. The van der Waals surface area contributed by atoms with Gasteiger partial charge < -0.3 is 0 Å². The molecule has 5 heteroatoms. The Labute approximate surface area is 115 Å². The van der Waals surface area contributed by atoms with Crippen molar-refractivity contribution in [1.29, 1.82) is 0 Å². The summed E-state index contributed by atoms with van der Waals surface area (Å²) in [5.74, 6) is -1.35. The van der Waals surface area contributed by atoms with E-state index >= 15 is 0 Å². The SMILES string of the molecule is Fc1ccc(SCc2c(F)ccc(Br)c2F)cc1. The molecule has 0 aliphatic carbocycles. The van der Waals surface area contributed by atoms with Gasteiger partial charge in [0, 0.05) is 16.2 Å². The molecule has 0 amide bonds. The van der Waals surface area contributed by atoms with Crippen molar-refractivity contribution >= 4 is 27.7 Å². The fraction of sp³-hybridized carbons (Fsp3) is 0.0769. The van der Waals surface area contributed by atoms with E-state index in [1.807, 2.05) is 0 Å². The Kier molecular flexibility index (Phi) is 4.35. The van der Waals surface area contributed by atoms with Gasteiger partial charge in [-0.15, -0.1) is 11.8 Å². The summed E-state index contributed by atoms with van der Waals surface area (Å²) in [4.78, 5) is 0.759. The summed E-state index contributed by atoms with van der Waals surface area (Å²) in [7, 11) is 0. The zero-order valence-electron chi connectivity index (χ0n) is 9.09. The maximum Gasteiger partial charge on any atom is 0.144 e. The van der Waals surface area contributed by atoms with E-state index in [4.69, 9.17) is 0 Å². The first-order valence-electron chi connectivity index (χ1n) is 5.08. The molecular formula is C13H8BrF3S. The number of rotatable bonds is 3. The van der Waals surface area contributed by atoms with Gasteiger partial charge in [-0.25, -0.2) is 13.2 Å². The minimum Gasteiger partial charge on any atom is -0.207 e. The summed E-state index contributed by atoms with van der Waals surface area (Å²) < 4.78 is 40.1. The van der Waals surface area contributed by atoms with Crippen LogP contribution in [0, 0.1) is 17.5 Å². The Hall–Kier alpha value is -0.940. The van der Waals surface area contributed by atoms with Crippen molar-refractivity contribution in [2.45, 2.75) is 10.6 Å². The average Bonchev–Trinajstić information content (AvgIpc) is 2.36. The molecule has 0 unspecified atom stereocenters. The van der Waals surface area contributed by atoms with Gasteiger partial charge in [0.25, 0.3) is 0 Å². The van der Waals surface area contributed by atoms with Crippen LogP contribution in [0.3, 0.4) is 0 Å². The topological polar surface area (TPSA) is 0 Å². The van der Waals surface area contributed by atoms with Crippen LogP contribution in [0.15, 0.2) is 45.8 Å². The lowest BCUT2D eigenvalue weighted by molar-refractivity contribution is 0.562. The molecule has 0 atom stereocenters. The standard InChI is InChI=1S/C13H8BrF3S/c14-11-5-6-12(16)10(13(11)17)7-18-9-3-1-8(15)2-4-9/h1-6H,7H2. The molecule has 2 rings (SSSR count). The van der Waals surface area contributed by atoms with Gasteiger partial charge in [-0.2, -0.15) is 0 Å². The van der Waals surface area contributed by atoms with Crippen LogP contribution in [0.2, 0.25) is 0 Å². The van der Waals surface area contributed by atoms with Crippen LogP contribution in [0.25, 0.3) is 0 Å². The molecule has 0 saturated heterocycles. The van der Waals surface area contributed by atoms with Crippen molar-refractivity contribution < 1.29 is 13.2 Å². The quantitative estimate of drug-likeness (QED) is 0.552. The fourth-order valence-electron chi connectivity index (χ4n) is 1.39. The second kappa shape index (κ2) is 5.80. The molecule has 0 radical (unpaired) electrons. The average molecular weight is 333 g/mol. The first-order valence-corrected chi connectivity index (χ1v) is 6.86. The van der Waals surface area contributed by atoms with Crippen LogP contribution < -0.4 is 0 Å². The fourth-order valence-corrected chi connectivity index (χ4v) is 2.66. The molecule has 18 heavy (non-hydrogen) atoms. The van der Waals surface area contributed by atoms with Crippen LogP contribution in [0.5, 0.6) is 0 Å². The maximum absolute atomic E-state index is 13.7. The zero-order valence-corrected chi connectivity index (χ0v) is 11.5. The van der Waals surface area contributed by atoms with Gasteiger partial charge in [0.15, 0.2) is 0 Å². The molecule has 2 aromatic carbocycles. The van der Waals surface area contributed by atoms with Gasteiger partial charge in [0.1, 0.15) is 17.5 Å². The zero-order chi connectivity index (χ0) is 13.1. The molecule has 0 saturated carbocycles. The second-order valence-electron chi connectivity index (χ2n) is 3.56. The Morgan fingerprint density at radius 3 is 2.28 bits per heavy atom. The second-order valence-corrected chi connectivity index (χ2v) is 5.47. The molecule has 0 heterocycles. The normalized spacial score (nSPS) is 10.7. The number of halogens is 4. The monoisotopic (exact) mass is 332 g/mol. The van der Waals surface area contributed by atoms with E-state index in [1.54, 1.807) is 12.1 Å². The highest BCUT2D eigenvalue weighted by Gasteiger charge is 2.12. The van der Waals surface area contributed by atoms with E-state index in [2.05, 4.69) is 15.9 Å². The van der Waals surface area contributed by atoms with Gasteiger partial charge in [0.05, 0.1) is 4.47 Å². The Balaban J connectivity index is 2.15. The molecule has 94 valence electrons. The maximum atomic E-state index is 13.7. The van der Waals surface area contributed by atoms with E-state index in [-0.39, 0.29) is 21.6 Å². The van der Waals surface area contributed by atoms with Gasteiger partial charge in [-0.05, 0) is 52.3 Å². The van der Waals surface area contributed by atoms with Crippen molar-refractivity contribution in [3.05, 3.63) is 63.9 Å². The molecule has 0 aliphatic rings. The third kappa shape index (κ3) is 3.09. The molecule has 0 nitrogen and oxygen atoms in total. The number of hydrogen-bond acceptors (Lipinski definition) is 1. The van der Waals surface area contributed by atoms with Crippen molar-refractivity contribution in [3.63, 3.8) is 0 Å². The molecule has 0 N–H and O–H groups in total. The molecule has 0 fully saturated rings. The van der Waals surface area contributed by atoms with Crippen molar-refractivity contribution in [1.82, 2.24) is 0 Å². The Morgan fingerprint density at radius 2 is 1.61 bits per heavy atom. The van der Waals surface area contributed by atoms with E-state index in [0.29, 0.717) is 0 Å².